The van der Waals surface area contributed by atoms with E-state index in [9.17, 15) is 10.1 Å². The quantitative estimate of drug-likeness (QED) is 0.428. The topological polar surface area (TPSA) is 59.4 Å². The Balaban J connectivity index is 1.45. The van der Waals surface area contributed by atoms with Crippen LogP contribution in [-0.2, 0) is 4.79 Å². The van der Waals surface area contributed by atoms with E-state index in [-0.39, 0.29) is 17.5 Å². The zero-order valence-electron chi connectivity index (χ0n) is 18.2. The molecule has 1 saturated heterocycles. The minimum atomic E-state index is -0.382. The number of anilines is 1. The molecule has 0 spiro atoms. The van der Waals surface area contributed by atoms with Gasteiger partial charge in [0.05, 0.1) is 6.04 Å². The summed E-state index contributed by atoms with van der Waals surface area (Å²) < 4.78 is 0. The van der Waals surface area contributed by atoms with Gasteiger partial charge in [0.15, 0.2) is 0 Å². The zero-order valence-corrected chi connectivity index (χ0v) is 18.9. The van der Waals surface area contributed by atoms with Crippen LogP contribution in [0, 0.1) is 11.3 Å². The normalized spacial score (nSPS) is 14.2. The molecule has 1 aliphatic heterocycles. The molecule has 0 aliphatic carbocycles. The highest BCUT2D eigenvalue weighted by Gasteiger charge is 2.21. The van der Waals surface area contributed by atoms with Crippen molar-refractivity contribution in [3.05, 3.63) is 113 Å². The Hall–Kier alpha value is -3.75. The van der Waals surface area contributed by atoms with E-state index in [0.717, 1.165) is 29.9 Å². The monoisotopic (exact) mass is 456 g/mol. The molecule has 0 saturated carbocycles. The van der Waals surface area contributed by atoms with Crippen LogP contribution in [0.15, 0.2) is 96.7 Å². The van der Waals surface area contributed by atoms with Crippen LogP contribution in [0.4, 0.5) is 5.69 Å². The van der Waals surface area contributed by atoms with Crippen molar-refractivity contribution in [1.82, 2.24) is 10.2 Å². The third-order valence-corrected chi connectivity index (χ3v) is 5.94. The van der Waals surface area contributed by atoms with Crippen LogP contribution in [0.2, 0.25) is 5.02 Å². The summed E-state index contributed by atoms with van der Waals surface area (Å²) in [5.41, 5.74) is 3.11. The van der Waals surface area contributed by atoms with Crippen molar-refractivity contribution in [2.45, 2.75) is 6.04 Å². The second-order valence-electron chi connectivity index (χ2n) is 7.89. The second kappa shape index (κ2) is 10.7. The Morgan fingerprint density at radius 2 is 1.52 bits per heavy atom. The molecule has 4 rings (SSSR count). The fourth-order valence-corrected chi connectivity index (χ4v) is 4.15. The van der Waals surface area contributed by atoms with Crippen molar-refractivity contribution in [3.63, 3.8) is 0 Å². The van der Waals surface area contributed by atoms with Crippen molar-refractivity contribution in [2.24, 2.45) is 0 Å². The van der Waals surface area contributed by atoms with Gasteiger partial charge in [-0.05, 0) is 29.3 Å². The lowest BCUT2D eigenvalue weighted by molar-refractivity contribution is -0.117. The summed E-state index contributed by atoms with van der Waals surface area (Å²) in [4.78, 5) is 17.4. The average Bonchev–Trinajstić information content (AvgIpc) is 2.87. The predicted molar refractivity (Wildman–Crippen MR) is 132 cm³/mol. The molecule has 1 amide bonds. The van der Waals surface area contributed by atoms with Crippen LogP contribution in [0.1, 0.15) is 17.2 Å². The Morgan fingerprint density at radius 1 is 0.909 bits per heavy atom. The van der Waals surface area contributed by atoms with E-state index >= 15 is 0 Å². The summed E-state index contributed by atoms with van der Waals surface area (Å²) in [7, 11) is 0. The molecule has 0 radical (unpaired) electrons. The third-order valence-electron chi connectivity index (χ3n) is 5.71. The lowest BCUT2D eigenvalue weighted by atomic mass is 9.98. The Morgan fingerprint density at radius 3 is 2.06 bits per heavy atom. The average molecular weight is 457 g/mol. The third kappa shape index (κ3) is 5.74. The predicted octanol–water partition coefficient (Wildman–Crippen LogP) is 4.78. The molecule has 1 heterocycles. The Kier molecular flexibility index (Phi) is 7.29. The molecular formula is C27H25ClN4O. The zero-order chi connectivity index (χ0) is 23.0. The fraction of sp³-hybridized carbons (Fsp3) is 0.185. The molecule has 1 N–H and O–H groups in total. The molecule has 1 aliphatic rings. The van der Waals surface area contributed by atoms with Gasteiger partial charge in [0.2, 0.25) is 0 Å². The van der Waals surface area contributed by atoms with E-state index in [1.807, 2.05) is 89.8 Å². The highest BCUT2D eigenvalue weighted by molar-refractivity contribution is 6.30. The second-order valence-corrected chi connectivity index (χ2v) is 8.32. The maximum absolute atomic E-state index is 13.1. The van der Waals surface area contributed by atoms with Crippen molar-refractivity contribution >= 4 is 23.2 Å². The van der Waals surface area contributed by atoms with E-state index in [4.69, 9.17) is 11.6 Å². The number of nitrogens with zero attached hydrogens (tertiary/aromatic N) is 3. The van der Waals surface area contributed by atoms with Crippen LogP contribution in [0.5, 0.6) is 0 Å². The molecule has 0 unspecified atom stereocenters. The number of carbonyl (C=O) groups excluding carboxylic acids is 1. The highest BCUT2D eigenvalue weighted by atomic mass is 35.5. The maximum Gasteiger partial charge on any atom is 0.264 e. The van der Waals surface area contributed by atoms with Gasteiger partial charge >= 0.3 is 0 Å². The van der Waals surface area contributed by atoms with Crippen molar-refractivity contribution in [2.75, 3.05) is 31.1 Å². The van der Waals surface area contributed by atoms with Crippen LogP contribution >= 0.6 is 11.6 Å². The summed E-state index contributed by atoms with van der Waals surface area (Å²) in [6.07, 6.45) is 1.68. The lowest BCUT2D eigenvalue weighted by Crippen LogP contribution is -2.44. The molecule has 0 atom stereocenters. The molecule has 33 heavy (non-hydrogen) atoms. The summed E-state index contributed by atoms with van der Waals surface area (Å²) in [5, 5.41) is 13.5. The van der Waals surface area contributed by atoms with Gasteiger partial charge in [0.25, 0.3) is 5.91 Å². The van der Waals surface area contributed by atoms with E-state index in [2.05, 4.69) is 16.3 Å². The molecule has 1 fully saturated rings. The van der Waals surface area contributed by atoms with Gasteiger partial charge in [-0.1, -0.05) is 78.3 Å². The molecular weight excluding hydrogens is 432 g/mol. The minimum Gasteiger partial charge on any atom is -0.373 e. The van der Waals surface area contributed by atoms with Gasteiger partial charge in [0.1, 0.15) is 11.6 Å². The largest absolute Gasteiger partial charge is 0.373 e. The molecule has 0 bridgehead atoms. The number of halogens is 1. The number of piperazine rings is 1. The molecule has 6 heteroatoms. The number of amides is 1. The van der Waals surface area contributed by atoms with Crippen molar-refractivity contribution in [1.29, 1.82) is 5.26 Å². The van der Waals surface area contributed by atoms with Crippen molar-refractivity contribution < 1.29 is 4.79 Å². The molecule has 0 aromatic heterocycles. The van der Waals surface area contributed by atoms with Crippen LogP contribution in [-0.4, -0.2) is 37.0 Å². The first-order valence-electron chi connectivity index (χ1n) is 10.9. The molecule has 3 aromatic carbocycles. The van der Waals surface area contributed by atoms with Gasteiger partial charge < -0.3 is 15.1 Å². The van der Waals surface area contributed by atoms with Gasteiger partial charge in [-0.15, -0.1) is 0 Å². The first-order chi connectivity index (χ1) is 16.1. The van der Waals surface area contributed by atoms with Gasteiger partial charge in [-0.3, -0.25) is 4.79 Å². The van der Waals surface area contributed by atoms with Crippen LogP contribution < -0.4 is 10.2 Å². The molecule has 3 aromatic rings. The SMILES string of the molecule is N#C/C(=C/N1CCN(c2cccc(Cl)c2)CC1)C(=O)NC(c1ccccc1)c1ccccc1. The first-order valence-corrected chi connectivity index (χ1v) is 11.3. The lowest BCUT2D eigenvalue weighted by Gasteiger charge is -2.35. The van der Waals surface area contributed by atoms with Crippen LogP contribution in [0.25, 0.3) is 0 Å². The number of rotatable bonds is 6. The summed E-state index contributed by atoms with van der Waals surface area (Å²) >= 11 is 6.12. The minimum absolute atomic E-state index is 0.100. The van der Waals surface area contributed by atoms with E-state index in [1.165, 1.54) is 0 Å². The Labute approximate surface area is 199 Å². The van der Waals surface area contributed by atoms with Gasteiger partial charge in [-0.25, -0.2) is 0 Å². The van der Waals surface area contributed by atoms with E-state index in [1.54, 1.807) is 6.20 Å². The Bertz CT molecular complexity index is 1110. The molecule has 166 valence electrons. The van der Waals surface area contributed by atoms with Gasteiger partial charge in [0, 0.05) is 43.1 Å². The number of nitrogens with one attached hydrogen (secondary N) is 1. The van der Waals surface area contributed by atoms with Crippen LogP contribution in [0.3, 0.4) is 0 Å². The first kappa shape index (κ1) is 22.4. The standard InChI is InChI=1S/C27H25ClN4O/c28-24-12-7-13-25(18-24)32-16-14-31(15-17-32)20-23(19-29)27(33)30-26(21-8-3-1-4-9-21)22-10-5-2-6-11-22/h1-13,18,20,26H,14-17H2,(H,30,33)/b23-20-. The number of benzene rings is 3. The smallest absolute Gasteiger partial charge is 0.264 e. The number of hydrogen-bond donors (Lipinski definition) is 1. The summed E-state index contributed by atoms with van der Waals surface area (Å²) in [6, 6.07) is 29.1. The number of hydrogen-bond acceptors (Lipinski definition) is 4. The highest BCUT2D eigenvalue weighted by Crippen LogP contribution is 2.23. The van der Waals surface area contributed by atoms with Gasteiger partial charge in [-0.2, -0.15) is 5.26 Å². The maximum atomic E-state index is 13.1. The van der Waals surface area contributed by atoms with E-state index in [0.29, 0.717) is 18.1 Å². The summed E-state index contributed by atoms with van der Waals surface area (Å²) in [5.74, 6) is -0.382. The fourth-order valence-electron chi connectivity index (χ4n) is 3.96. The number of nitriles is 1. The number of carbonyl (C=O) groups is 1. The van der Waals surface area contributed by atoms with E-state index < -0.39 is 0 Å². The molecule has 5 nitrogen and oxygen atoms in total. The van der Waals surface area contributed by atoms with Crippen molar-refractivity contribution in [3.8, 4) is 6.07 Å². The summed E-state index contributed by atoms with van der Waals surface area (Å²) in [6.45, 7) is 3.00.